The highest BCUT2D eigenvalue weighted by molar-refractivity contribution is 7.89. The van der Waals surface area contributed by atoms with E-state index in [2.05, 4.69) is 11.0 Å². The van der Waals surface area contributed by atoms with Crippen LogP contribution in [0.2, 0.25) is 0 Å². The van der Waals surface area contributed by atoms with Crippen molar-refractivity contribution in [3.8, 4) is 0 Å². The van der Waals surface area contributed by atoms with Gasteiger partial charge in [0.05, 0.1) is 10.9 Å². The van der Waals surface area contributed by atoms with Crippen LogP contribution < -0.4 is 0 Å². The molecule has 7 heteroatoms. The second-order valence-electron chi connectivity index (χ2n) is 7.44. The van der Waals surface area contributed by atoms with Crippen LogP contribution in [-0.2, 0) is 10.0 Å². The zero-order valence-corrected chi connectivity index (χ0v) is 16.2. The first-order valence-corrected chi connectivity index (χ1v) is 10.5. The summed E-state index contributed by atoms with van der Waals surface area (Å²) in [6, 6.07) is 2.47. The smallest absolute Gasteiger partial charge is 0.264 e. The normalized spacial score (nSPS) is 23.6. The molecule has 1 atom stereocenters. The Morgan fingerprint density at radius 2 is 1.96 bits per heavy atom. The van der Waals surface area contributed by atoms with Gasteiger partial charge in [0.1, 0.15) is 0 Å². The minimum atomic E-state index is -3.99. The number of halogens is 2. The number of allylic oxidation sites excluding steroid dienone is 3. The molecule has 1 unspecified atom stereocenters. The summed E-state index contributed by atoms with van der Waals surface area (Å²) < 4.78 is 55.4. The van der Waals surface area contributed by atoms with Crippen LogP contribution >= 0.6 is 0 Å². The van der Waals surface area contributed by atoms with Crippen molar-refractivity contribution in [1.82, 2.24) is 9.21 Å². The summed E-state index contributed by atoms with van der Waals surface area (Å²) >= 11 is 0. The summed E-state index contributed by atoms with van der Waals surface area (Å²) in [7, 11) is -1.96. The van der Waals surface area contributed by atoms with Gasteiger partial charge in [-0.05, 0) is 69.1 Å². The molecule has 0 N–H and O–H groups in total. The Morgan fingerprint density at radius 1 is 1.19 bits per heavy atom. The topological polar surface area (TPSA) is 40.6 Å². The Morgan fingerprint density at radius 3 is 2.70 bits per heavy atom. The van der Waals surface area contributed by atoms with Gasteiger partial charge in [-0.2, -0.15) is 0 Å². The Balaban J connectivity index is 1.86. The molecule has 0 saturated carbocycles. The fourth-order valence-corrected chi connectivity index (χ4v) is 5.94. The molecule has 0 bridgehead atoms. The molecule has 3 aliphatic rings. The third-order valence-corrected chi connectivity index (χ3v) is 7.32. The molecule has 0 fully saturated rings. The first-order chi connectivity index (χ1) is 12.8. The Bertz CT molecular complexity index is 995. The van der Waals surface area contributed by atoms with Crippen molar-refractivity contribution in [3.63, 3.8) is 0 Å². The van der Waals surface area contributed by atoms with E-state index in [1.54, 1.807) is 0 Å². The second-order valence-corrected chi connectivity index (χ2v) is 9.26. The Labute approximate surface area is 158 Å². The maximum Gasteiger partial charge on any atom is 0.264 e. The molecule has 4 rings (SSSR count). The van der Waals surface area contributed by atoms with Gasteiger partial charge in [0.15, 0.2) is 11.6 Å². The van der Waals surface area contributed by atoms with Crippen molar-refractivity contribution in [1.29, 1.82) is 0 Å². The monoisotopic (exact) mass is 392 g/mol. The first-order valence-electron chi connectivity index (χ1n) is 9.08. The number of benzene rings is 1. The third kappa shape index (κ3) is 3.02. The van der Waals surface area contributed by atoms with Gasteiger partial charge in [-0.15, -0.1) is 0 Å². The average Bonchev–Trinajstić information content (AvgIpc) is 2.77. The van der Waals surface area contributed by atoms with E-state index in [-0.39, 0.29) is 10.9 Å². The number of rotatable bonds is 2. The lowest BCUT2D eigenvalue weighted by Crippen LogP contribution is -2.37. The van der Waals surface area contributed by atoms with Crippen LogP contribution in [0.5, 0.6) is 0 Å². The number of sulfonamides is 1. The van der Waals surface area contributed by atoms with Gasteiger partial charge < -0.3 is 4.90 Å². The number of hydrogen-bond donors (Lipinski definition) is 0. The highest BCUT2D eigenvalue weighted by Gasteiger charge is 2.44. The summed E-state index contributed by atoms with van der Waals surface area (Å²) in [6.07, 6.45) is 6.17. The van der Waals surface area contributed by atoms with Crippen LogP contribution in [0.3, 0.4) is 0 Å². The summed E-state index contributed by atoms with van der Waals surface area (Å²) in [5.74, 6) is -2.21. The Hall–Kier alpha value is -1.99. The minimum Gasteiger partial charge on any atom is -0.302 e. The van der Waals surface area contributed by atoms with Crippen molar-refractivity contribution in [2.24, 2.45) is 0 Å². The third-order valence-electron chi connectivity index (χ3n) is 5.48. The van der Waals surface area contributed by atoms with Crippen LogP contribution in [0.25, 0.3) is 0 Å². The van der Waals surface area contributed by atoms with E-state index in [9.17, 15) is 17.2 Å². The van der Waals surface area contributed by atoms with Gasteiger partial charge in [0, 0.05) is 12.2 Å². The molecule has 1 aromatic rings. The molecule has 1 aliphatic carbocycles. The van der Waals surface area contributed by atoms with Crippen LogP contribution in [0.4, 0.5) is 8.78 Å². The molecule has 0 spiro atoms. The van der Waals surface area contributed by atoms with E-state index in [1.165, 1.54) is 4.31 Å². The predicted octanol–water partition coefficient (Wildman–Crippen LogP) is 3.59. The predicted molar refractivity (Wildman–Crippen MR) is 99.4 cm³/mol. The van der Waals surface area contributed by atoms with Crippen molar-refractivity contribution in [3.05, 3.63) is 64.4 Å². The number of fused-ring (bicyclic) bond motifs is 2. The van der Waals surface area contributed by atoms with Gasteiger partial charge >= 0.3 is 0 Å². The van der Waals surface area contributed by atoms with Crippen LogP contribution in [0.1, 0.15) is 26.2 Å². The fraction of sp³-hybridized carbons (Fsp3) is 0.400. The maximum absolute atomic E-state index is 13.7. The molecular weight excluding hydrogens is 370 g/mol. The summed E-state index contributed by atoms with van der Waals surface area (Å²) in [5.41, 5.74) is 4.00. The lowest BCUT2D eigenvalue weighted by atomic mass is 9.92. The van der Waals surface area contributed by atoms with Gasteiger partial charge in [-0.3, -0.25) is 4.31 Å². The Kier molecular flexibility index (Phi) is 4.47. The van der Waals surface area contributed by atoms with Gasteiger partial charge in [-0.25, -0.2) is 17.2 Å². The molecule has 144 valence electrons. The molecule has 0 aromatic heterocycles. The molecule has 4 nitrogen and oxygen atoms in total. The van der Waals surface area contributed by atoms with Crippen molar-refractivity contribution >= 4 is 10.0 Å². The van der Waals surface area contributed by atoms with Gasteiger partial charge in [-0.1, -0.05) is 17.7 Å². The molecule has 1 aromatic carbocycles. The minimum absolute atomic E-state index is 0.210. The molecule has 2 aliphatic heterocycles. The fourth-order valence-electron chi connectivity index (χ4n) is 4.20. The summed E-state index contributed by atoms with van der Waals surface area (Å²) in [4.78, 5) is 1.99. The van der Waals surface area contributed by atoms with Crippen LogP contribution in [-0.4, -0.2) is 43.8 Å². The van der Waals surface area contributed by atoms with Crippen molar-refractivity contribution in [2.75, 3.05) is 20.1 Å². The first kappa shape index (κ1) is 18.4. The molecule has 0 radical (unpaired) electrons. The SMILES string of the molecule is CC1=CCC2C(=C1)C1=C(CCCN(C)C1)N2S(=O)(=O)c1ccc(F)c(F)c1. The number of hydrogen-bond acceptors (Lipinski definition) is 3. The molecular formula is C20H22F2N2O2S. The summed E-state index contributed by atoms with van der Waals surface area (Å²) in [5, 5.41) is 0. The van der Waals surface area contributed by atoms with Gasteiger partial charge in [0.25, 0.3) is 10.0 Å². The lowest BCUT2D eigenvalue weighted by Gasteiger charge is -2.31. The average molecular weight is 392 g/mol. The van der Waals surface area contributed by atoms with Crippen molar-refractivity contribution < 1.29 is 17.2 Å². The zero-order chi connectivity index (χ0) is 19.3. The molecule has 2 heterocycles. The highest BCUT2D eigenvalue weighted by atomic mass is 32.2. The maximum atomic E-state index is 13.7. The van der Waals surface area contributed by atoms with Crippen molar-refractivity contribution in [2.45, 2.75) is 37.1 Å². The van der Waals surface area contributed by atoms with E-state index >= 15 is 0 Å². The second kappa shape index (κ2) is 6.56. The van der Waals surface area contributed by atoms with E-state index < -0.39 is 21.7 Å². The number of nitrogens with zero attached hydrogens (tertiary/aromatic N) is 2. The molecule has 0 amide bonds. The lowest BCUT2D eigenvalue weighted by molar-refractivity contribution is 0.358. The van der Waals surface area contributed by atoms with Crippen LogP contribution in [0.15, 0.2) is 57.7 Å². The number of likely N-dealkylation sites (N-methyl/N-ethyl adjacent to an activating group) is 1. The molecule has 0 saturated heterocycles. The van der Waals surface area contributed by atoms with E-state index in [0.29, 0.717) is 19.4 Å². The van der Waals surface area contributed by atoms with E-state index in [0.717, 1.165) is 53.6 Å². The quantitative estimate of drug-likeness (QED) is 0.772. The summed E-state index contributed by atoms with van der Waals surface area (Å²) in [6.45, 7) is 3.59. The van der Waals surface area contributed by atoms with Gasteiger partial charge in [0.2, 0.25) is 0 Å². The largest absolute Gasteiger partial charge is 0.302 e. The van der Waals surface area contributed by atoms with E-state index in [4.69, 9.17) is 0 Å². The standard InChI is InChI=1S/C20H22F2N2O2S/c1-13-5-8-20-15(10-13)16-12-23(2)9-3-4-19(16)24(20)27(25,26)14-6-7-17(21)18(22)11-14/h5-7,10-11,20H,3-4,8-9,12H2,1-2H3. The van der Waals surface area contributed by atoms with Crippen LogP contribution in [0, 0.1) is 11.6 Å². The zero-order valence-electron chi connectivity index (χ0n) is 15.4. The molecule has 27 heavy (non-hydrogen) atoms. The highest BCUT2D eigenvalue weighted by Crippen LogP contribution is 2.44. The van der Waals surface area contributed by atoms with E-state index in [1.807, 2.05) is 20.0 Å².